The molecule has 0 amide bonds. The van der Waals surface area contributed by atoms with Gasteiger partial charge in [-0.3, -0.25) is 23.7 Å². The normalized spacial score (nSPS) is 27.3. The van der Waals surface area contributed by atoms with Crippen LogP contribution in [0.2, 0.25) is 0 Å². The molecule has 1 aromatic carbocycles. The van der Waals surface area contributed by atoms with Crippen LogP contribution in [0, 0.1) is 0 Å². The van der Waals surface area contributed by atoms with Gasteiger partial charge in [-0.1, -0.05) is 43.8 Å². The first-order valence-electron chi connectivity index (χ1n) is 12.7. The largest absolute Gasteiger partial charge is 0.459 e. The number of benzene rings is 1. The van der Waals surface area contributed by atoms with Gasteiger partial charge in [0.05, 0.1) is 12.6 Å². The van der Waals surface area contributed by atoms with Crippen LogP contribution in [0.1, 0.15) is 58.2 Å². The first-order valence-corrected chi connectivity index (χ1v) is 15.1. The molecule has 0 bridgehead atoms. The number of aromatic amines is 1. The molecule has 1 unspecified atom stereocenters. The number of H-pyrrole nitrogens is 1. The molecular formula is C25H33FN3O8PS. The molecule has 11 nitrogen and oxygen atoms in total. The maximum absolute atomic E-state index is 15.6. The molecule has 0 radical (unpaired) electrons. The Morgan fingerprint density at radius 2 is 2.00 bits per heavy atom. The van der Waals surface area contributed by atoms with E-state index in [1.165, 1.54) is 6.92 Å². The molecule has 2 fully saturated rings. The minimum Gasteiger partial charge on any atom is -0.413 e. The average Bonchev–Trinajstić information content (AvgIpc) is 3.66. The first kappa shape index (κ1) is 29.7. The Hall–Kier alpha value is -2.28. The Kier molecular flexibility index (Phi) is 8.89. The maximum Gasteiger partial charge on any atom is 0.459 e. The summed E-state index contributed by atoms with van der Waals surface area (Å²) in [6.45, 7) is 5.69. The van der Waals surface area contributed by atoms with Crippen LogP contribution >= 0.6 is 19.5 Å². The van der Waals surface area contributed by atoms with E-state index in [4.69, 9.17) is 13.8 Å². The molecule has 3 N–H and O–H groups in total. The van der Waals surface area contributed by atoms with E-state index >= 15 is 4.39 Å². The van der Waals surface area contributed by atoms with Crippen LogP contribution in [0.25, 0.3) is 0 Å². The van der Waals surface area contributed by atoms with Gasteiger partial charge in [0.2, 0.25) is 5.12 Å². The highest BCUT2D eigenvalue weighted by atomic mass is 32.2. The van der Waals surface area contributed by atoms with Gasteiger partial charge in [0.25, 0.3) is 5.56 Å². The van der Waals surface area contributed by atoms with E-state index < -0.39 is 55.7 Å². The number of aromatic nitrogens is 2. The molecule has 2 aliphatic rings. The predicted octanol–water partition coefficient (Wildman–Crippen LogP) is 3.25. The summed E-state index contributed by atoms with van der Waals surface area (Å²) in [5.74, 6) is 0.585. The number of thioether (sulfide) groups is 1. The van der Waals surface area contributed by atoms with Gasteiger partial charge in [0.15, 0.2) is 11.9 Å². The zero-order valence-corrected chi connectivity index (χ0v) is 23.7. The van der Waals surface area contributed by atoms with Crippen LogP contribution in [0.4, 0.5) is 4.39 Å². The van der Waals surface area contributed by atoms with Crippen molar-refractivity contribution in [2.45, 2.75) is 81.9 Å². The van der Waals surface area contributed by atoms with Crippen LogP contribution in [0.3, 0.4) is 0 Å². The van der Waals surface area contributed by atoms with E-state index in [2.05, 4.69) is 5.09 Å². The van der Waals surface area contributed by atoms with E-state index in [9.17, 15) is 24.1 Å². The molecule has 2 heterocycles. The minimum absolute atomic E-state index is 0.00361. The van der Waals surface area contributed by atoms with Crippen molar-refractivity contribution in [1.29, 1.82) is 0 Å². The van der Waals surface area contributed by atoms with Gasteiger partial charge in [-0.25, -0.2) is 18.8 Å². The van der Waals surface area contributed by atoms with Crippen molar-refractivity contribution in [3.63, 3.8) is 0 Å². The van der Waals surface area contributed by atoms with Crippen molar-refractivity contribution in [3.05, 3.63) is 62.9 Å². The number of hydrogen-bond donors (Lipinski definition) is 3. The second-order valence-corrected chi connectivity index (χ2v) is 13.4. The van der Waals surface area contributed by atoms with Crippen LogP contribution in [0.5, 0.6) is 5.75 Å². The number of hydrogen-bond acceptors (Lipinski definition) is 9. The van der Waals surface area contributed by atoms with Gasteiger partial charge in [0, 0.05) is 17.5 Å². The second-order valence-electron chi connectivity index (χ2n) is 10.2. The average molecular weight is 586 g/mol. The molecular weight excluding hydrogens is 552 g/mol. The standard InChI is InChI=1S/C25H33FN3O8PS/c1-14(2)39-22(32)15(3)28-38(34,37-18-8-6-5-7-17(18)16-9-10-16)35-13-19-21(31)25(4,26)23(36-19)29-12-11-20(30)27-24(29)33/h5-8,11-12,14-16,19,21,23,31H,9-10,13H2,1-4H3,(H,28,34)(H,27,30,33)/t15-,19+,21+,23+,25+,38?/m0/s1. The lowest BCUT2D eigenvalue weighted by atomic mass is 9.98. The smallest absolute Gasteiger partial charge is 0.413 e. The summed E-state index contributed by atoms with van der Waals surface area (Å²) in [6.07, 6.45) is -1.77. The highest BCUT2D eigenvalue weighted by Crippen LogP contribution is 2.51. The number of para-hydroxylation sites is 1. The number of aliphatic hydroxyl groups excluding tert-OH is 1. The fourth-order valence-electron chi connectivity index (χ4n) is 4.27. The summed E-state index contributed by atoms with van der Waals surface area (Å²) in [5, 5.41) is 13.1. The Bertz CT molecular complexity index is 1360. The van der Waals surface area contributed by atoms with Crippen molar-refractivity contribution < 1.29 is 32.6 Å². The third kappa shape index (κ3) is 6.90. The molecule has 1 aliphatic heterocycles. The lowest BCUT2D eigenvalue weighted by Gasteiger charge is -2.26. The van der Waals surface area contributed by atoms with Gasteiger partial charge in [-0.05, 0) is 44.2 Å². The van der Waals surface area contributed by atoms with Crippen molar-refractivity contribution >= 4 is 24.6 Å². The second kappa shape index (κ2) is 11.7. The Balaban J connectivity index is 1.56. The molecule has 6 atom stereocenters. The van der Waals surface area contributed by atoms with Crippen LogP contribution in [-0.2, 0) is 18.6 Å². The van der Waals surface area contributed by atoms with E-state index in [-0.39, 0.29) is 16.3 Å². The molecule has 1 aromatic heterocycles. The van der Waals surface area contributed by atoms with Crippen molar-refractivity contribution in [1.82, 2.24) is 14.6 Å². The topological polar surface area (TPSA) is 149 Å². The quantitative estimate of drug-likeness (QED) is 0.336. The van der Waals surface area contributed by atoms with E-state index in [0.717, 1.165) is 53.9 Å². The maximum atomic E-state index is 15.6. The fraction of sp³-hybridized carbons (Fsp3) is 0.560. The summed E-state index contributed by atoms with van der Waals surface area (Å²) in [4.78, 5) is 38.3. The van der Waals surface area contributed by atoms with Crippen molar-refractivity contribution in [2.24, 2.45) is 0 Å². The molecule has 1 saturated carbocycles. The Labute approximate surface area is 229 Å². The highest BCUT2D eigenvalue weighted by Gasteiger charge is 2.56. The van der Waals surface area contributed by atoms with Crippen LogP contribution in [-0.4, -0.2) is 55.5 Å². The number of aliphatic hydroxyl groups is 1. The third-order valence-electron chi connectivity index (χ3n) is 6.44. The lowest BCUT2D eigenvalue weighted by molar-refractivity contribution is -0.112. The van der Waals surface area contributed by atoms with Gasteiger partial charge in [-0.15, -0.1) is 0 Å². The summed E-state index contributed by atoms with van der Waals surface area (Å²) in [6, 6.07) is 7.18. The third-order valence-corrected chi connectivity index (χ3v) is 9.13. The van der Waals surface area contributed by atoms with Crippen molar-refractivity contribution in [3.8, 4) is 5.75 Å². The van der Waals surface area contributed by atoms with E-state index in [0.29, 0.717) is 5.75 Å². The van der Waals surface area contributed by atoms with E-state index in [1.807, 2.05) is 31.0 Å². The molecule has 39 heavy (non-hydrogen) atoms. The molecule has 14 heteroatoms. The number of ether oxygens (including phenoxy) is 1. The Morgan fingerprint density at radius 1 is 1.31 bits per heavy atom. The number of halogens is 1. The summed E-state index contributed by atoms with van der Waals surface area (Å²) >= 11 is 1.07. The highest BCUT2D eigenvalue weighted by molar-refractivity contribution is 8.14. The zero-order valence-electron chi connectivity index (χ0n) is 22.0. The number of carbonyl (C=O) groups is 1. The zero-order chi connectivity index (χ0) is 28.5. The molecule has 2 aromatic rings. The van der Waals surface area contributed by atoms with Crippen LogP contribution < -0.4 is 20.9 Å². The van der Waals surface area contributed by atoms with Crippen LogP contribution in [0.15, 0.2) is 46.1 Å². The fourth-order valence-corrected chi connectivity index (χ4v) is 6.63. The molecule has 1 saturated heterocycles. The van der Waals surface area contributed by atoms with Gasteiger partial charge in [-0.2, -0.15) is 0 Å². The predicted molar refractivity (Wildman–Crippen MR) is 144 cm³/mol. The summed E-state index contributed by atoms with van der Waals surface area (Å²) in [5.41, 5.74) is -3.22. The lowest BCUT2D eigenvalue weighted by Crippen LogP contribution is -2.43. The van der Waals surface area contributed by atoms with Gasteiger partial charge in [0.1, 0.15) is 18.0 Å². The SMILES string of the molecule is CC(C)SC(=O)[C@H](C)NP(=O)(OC[C@H]1O[C@@H](n2ccc(=O)[nH]c2=O)[C@](C)(F)[C@@H]1O)Oc1ccccc1C1CC1. The van der Waals surface area contributed by atoms with Gasteiger partial charge < -0.3 is 14.4 Å². The molecule has 1 aliphatic carbocycles. The number of nitrogens with zero attached hydrogens (tertiary/aromatic N) is 1. The summed E-state index contributed by atoms with van der Waals surface area (Å²) in [7, 11) is -4.28. The number of alkyl halides is 1. The van der Waals surface area contributed by atoms with Gasteiger partial charge >= 0.3 is 13.4 Å². The molecule has 4 rings (SSSR count). The number of rotatable bonds is 11. The minimum atomic E-state index is -4.28. The molecule has 214 valence electrons. The number of carbonyl (C=O) groups excluding carboxylic acids is 1. The number of nitrogens with one attached hydrogen (secondary N) is 2. The van der Waals surface area contributed by atoms with E-state index in [1.54, 1.807) is 12.1 Å². The van der Waals surface area contributed by atoms with Crippen molar-refractivity contribution in [2.75, 3.05) is 6.61 Å². The monoisotopic (exact) mass is 585 g/mol. The Morgan fingerprint density at radius 3 is 2.64 bits per heavy atom. The summed E-state index contributed by atoms with van der Waals surface area (Å²) < 4.78 is 47.6. The first-order chi connectivity index (χ1) is 18.3. The molecule has 0 spiro atoms.